The molecule has 2 rings (SSSR count). The predicted octanol–water partition coefficient (Wildman–Crippen LogP) is 2.63. The number of nitrogens with zero attached hydrogens (tertiary/aromatic N) is 2. The van der Waals surface area contributed by atoms with Gasteiger partial charge in [-0.15, -0.1) is 0 Å². The van der Waals surface area contributed by atoms with E-state index in [2.05, 4.69) is 9.97 Å². The minimum Gasteiger partial charge on any atom is -0.398 e. The van der Waals surface area contributed by atoms with Gasteiger partial charge in [0.05, 0.1) is 18.1 Å². The van der Waals surface area contributed by atoms with Gasteiger partial charge in [0.1, 0.15) is 12.3 Å². The lowest BCUT2D eigenvalue weighted by molar-refractivity contribution is 0.588. The van der Waals surface area contributed by atoms with Crippen LogP contribution < -0.4 is 11.0 Å². The molecule has 0 unspecified atom stereocenters. The van der Waals surface area contributed by atoms with E-state index in [1.54, 1.807) is 31.7 Å². The summed E-state index contributed by atoms with van der Waals surface area (Å²) in [6, 6.07) is 5.36. The SMILES string of the molecule is CP(C)(=O)c1cc(-c2cnc(Cl)cn2)ccc1N. The first kappa shape index (κ1) is 13.1. The maximum absolute atomic E-state index is 12.1. The first-order valence-electron chi connectivity index (χ1n) is 5.31. The van der Waals surface area contributed by atoms with Gasteiger partial charge in [0.25, 0.3) is 0 Å². The first-order valence-corrected chi connectivity index (χ1v) is 8.29. The topological polar surface area (TPSA) is 68.9 Å². The highest BCUT2D eigenvalue weighted by molar-refractivity contribution is 7.70. The van der Waals surface area contributed by atoms with Crippen LogP contribution in [0.15, 0.2) is 30.6 Å². The Morgan fingerprint density at radius 2 is 1.94 bits per heavy atom. The van der Waals surface area contributed by atoms with Gasteiger partial charge >= 0.3 is 0 Å². The van der Waals surface area contributed by atoms with Crippen LogP contribution >= 0.6 is 18.7 Å². The van der Waals surface area contributed by atoms with Crippen LogP contribution in [0.3, 0.4) is 0 Å². The Balaban J connectivity index is 2.54. The highest BCUT2D eigenvalue weighted by Gasteiger charge is 2.16. The van der Waals surface area contributed by atoms with Gasteiger partial charge in [-0.25, -0.2) is 4.98 Å². The normalized spacial score (nSPS) is 11.5. The summed E-state index contributed by atoms with van der Waals surface area (Å²) in [7, 11) is -2.41. The van der Waals surface area contributed by atoms with Crippen LogP contribution in [0.1, 0.15) is 0 Å². The van der Waals surface area contributed by atoms with E-state index in [1.165, 1.54) is 6.20 Å². The number of anilines is 1. The van der Waals surface area contributed by atoms with E-state index in [9.17, 15) is 4.57 Å². The van der Waals surface area contributed by atoms with Crippen LogP contribution in [0, 0.1) is 0 Å². The summed E-state index contributed by atoms with van der Waals surface area (Å²) in [5.74, 6) is 0. The highest BCUT2D eigenvalue weighted by Crippen LogP contribution is 2.38. The molecule has 2 N–H and O–H groups in total. The number of rotatable bonds is 2. The van der Waals surface area contributed by atoms with Gasteiger partial charge < -0.3 is 10.3 Å². The Labute approximate surface area is 111 Å². The Bertz CT molecular complexity index is 622. The summed E-state index contributed by atoms with van der Waals surface area (Å²) in [5.41, 5.74) is 7.89. The quantitative estimate of drug-likeness (QED) is 0.679. The van der Waals surface area contributed by atoms with Gasteiger partial charge in [0.15, 0.2) is 0 Å². The van der Waals surface area contributed by atoms with Gasteiger partial charge in [-0.2, -0.15) is 0 Å². The van der Waals surface area contributed by atoms with Crippen LogP contribution in [0.25, 0.3) is 11.3 Å². The lowest BCUT2D eigenvalue weighted by Gasteiger charge is -2.12. The Morgan fingerprint density at radius 1 is 1.22 bits per heavy atom. The molecule has 1 aromatic carbocycles. The van der Waals surface area contributed by atoms with E-state index in [0.29, 0.717) is 21.8 Å². The third kappa shape index (κ3) is 2.71. The van der Waals surface area contributed by atoms with Gasteiger partial charge in [-0.1, -0.05) is 17.7 Å². The second-order valence-electron chi connectivity index (χ2n) is 4.35. The molecule has 2 aromatic rings. The van der Waals surface area contributed by atoms with Gasteiger partial charge in [0.2, 0.25) is 0 Å². The molecule has 0 aliphatic heterocycles. The fraction of sp³-hybridized carbons (Fsp3) is 0.167. The van der Waals surface area contributed by atoms with Crippen molar-refractivity contribution >= 4 is 29.7 Å². The fourth-order valence-electron chi connectivity index (χ4n) is 1.63. The summed E-state index contributed by atoms with van der Waals surface area (Å²) >= 11 is 5.69. The van der Waals surface area contributed by atoms with Crippen LogP contribution in [0.5, 0.6) is 0 Å². The average molecular weight is 282 g/mol. The predicted molar refractivity (Wildman–Crippen MR) is 76.0 cm³/mol. The molecule has 0 saturated carbocycles. The number of nitrogen functional groups attached to an aromatic ring is 1. The van der Waals surface area contributed by atoms with E-state index in [4.69, 9.17) is 17.3 Å². The van der Waals surface area contributed by atoms with E-state index < -0.39 is 7.14 Å². The van der Waals surface area contributed by atoms with E-state index in [1.807, 2.05) is 6.07 Å². The van der Waals surface area contributed by atoms with E-state index >= 15 is 0 Å². The van der Waals surface area contributed by atoms with Crippen LogP contribution in [-0.4, -0.2) is 23.3 Å². The molecule has 0 spiro atoms. The molecule has 0 radical (unpaired) electrons. The zero-order chi connectivity index (χ0) is 13.3. The molecule has 1 heterocycles. The Kier molecular flexibility index (Phi) is 3.42. The molecule has 0 fully saturated rings. The molecule has 0 saturated heterocycles. The van der Waals surface area contributed by atoms with Crippen LogP contribution in [0.4, 0.5) is 5.69 Å². The first-order chi connectivity index (χ1) is 8.38. The van der Waals surface area contributed by atoms with Gasteiger partial charge in [-0.3, -0.25) is 4.98 Å². The third-order valence-corrected chi connectivity index (χ3v) is 4.27. The summed E-state index contributed by atoms with van der Waals surface area (Å²) < 4.78 is 12.1. The standard InChI is InChI=1S/C12H13ClN3OP/c1-18(2,17)11-5-8(3-4-9(11)14)10-6-16-12(13)7-15-10/h3-7H,14H2,1-2H3. The van der Waals surface area contributed by atoms with Crippen molar-refractivity contribution in [3.8, 4) is 11.3 Å². The maximum Gasteiger partial charge on any atom is 0.147 e. The molecule has 18 heavy (non-hydrogen) atoms. The monoisotopic (exact) mass is 281 g/mol. The summed E-state index contributed by atoms with van der Waals surface area (Å²) in [5, 5.41) is 1.00. The van der Waals surface area contributed by atoms with Crippen molar-refractivity contribution in [1.29, 1.82) is 0 Å². The molecule has 1 aromatic heterocycles. The lowest BCUT2D eigenvalue weighted by Crippen LogP contribution is -2.10. The van der Waals surface area contributed by atoms with Crippen molar-refractivity contribution in [2.75, 3.05) is 19.1 Å². The molecule has 4 nitrogen and oxygen atoms in total. The zero-order valence-electron chi connectivity index (χ0n) is 10.1. The second kappa shape index (κ2) is 4.71. The summed E-state index contributed by atoms with van der Waals surface area (Å²) in [6.45, 7) is 3.38. The average Bonchev–Trinajstić information content (AvgIpc) is 2.29. The molecule has 94 valence electrons. The third-order valence-electron chi connectivity index (χ3n) is 2.53. The number of hydrogen-bond donors (Lipinski definition) is 1. The van der Waals surface area contributed by atoms with Crippen molar-refractivity contribution in [2.45, 2.75) is 0 Å². The van der Waals surface area contributed by atoms with Crippen molar-refractivity contribution < 1.29 is 4.57 Å². The molecular weight excluding hydrogens is 269 g/mol. The van der Waals surface area contributed by atoms with E-state index in [0.717, 1.165) is 5.56 Å². The number of hydrogen-bond acceptors (Lipinski definition) is 4. The molecule has 6 heteroatoms. The molecule has 0 aliphatic rings. The van der Waals surface area contributed by atoms with Crippen molar-refractivity contribution in [3.63, 3.8) is 0 Å². The molecular formula is C12H13ClN3OP. The number of aromatic nitrogens is 2. The molecule has 0 atom stereocenters. The van der Waals surface area contributed by atoms with Crippen molar-refractivity contribution in [1.82, 2.24) is 9.97 Å². The second-order valence-corrected chi connectivity index (χ2v) is 7.92. The van der Waals surface area contributed by atoms with Crippen LogP contribution in [-0.2, 0) is 4.57 Å². The van der Waals surface area contributed by atoms with Crippen molar-refractivity contribution in [2.24, 2.45) is 0 Å². The van der Waals surface area contributed by atoms with Crippen molar-refractivity contribution in [3.05, 3.63) is 35.7 Å². The Hall–Kier alpha value is -1.38. The number of benzene rings is 1. The fourth-order valence-corrected chi connectivity index (χ4v) is 2.87. The minimum atomic E-state index is -2.41. The number of nitrogens with two attached hydrogens (primary N) is 1. The van der Waals surface area contributed by atoms with Crippen LogP contribution in [0.2, 0.25) is 5.15 Å². The van der Waals surface area contributed by atoms with E-state index in [-0.39, 0.29) is 0 Å². The maximum atomic E-state index is 12.1. The summed E-state index contributed by atoms with van der Waals surface area (Å²) in [4.78, 5) is 8.15. The molecule has 0 aliphatic carbocycles. The highest BCUT2D eigenvalue weighted by atomic mass is 35.5. The van der Waals surface area contributed by atoms with Gasteiger partial charge in [0, 0.05) is 16.6 Å². The zero-order valence-corrected chi connectivity index (χ0v) is 11.7. The summed E-state index contributed by atoms with van der Waals surface area (Å²) in [6.07, 6.45) is 3.05. The smallest absolute Gasteiger partial charge is 0.147 e. The number of halogens is 1. The largest absolute Gasteiger partial charge is 0.398 e. The lowest BCUT2D eigenvalue weighted by atomic mass is 10.1. The Morgan fingerprint density at radius 3 is 2.50 bits per heavy atom. The molecule has 0 bridgehead atoms. The minimum absolute atomic E-state index is 0.339. The molecule has 0 amide bonds. The van der Waals surface area contributed by atoms with Gasteiger partial charge in [-0.05, 0) is 25.5 Å².